The second-order valence-electron chi connectivity index (χ2n) is 4.82. The smallest absolute Gasteiger partial charge is 0.255 e. The third kappa shape index (κ3) is 4.54. The van der Waals surface area contributed by atoms with E-state index in [-0.39, 0.29) is 5.91 Å². The number of carbonyl (C=O) groups excluding carboxylic acids is 1. The van der Waals surface area contributed by atoms with Crippen molar-refractivity contribution in [1.29, 1.82) is 0 Å². The summed E-state index contributed by atoms with van der Waals surface area (Å²) in [6, 6.07) is 3.69. The molecular formula is C15H25N3O. The summed E-state index contributed by atoms with van der Waals surface area (Å²) in [6.45, 7) is 10.7. The molecule has 4 nitrogen and oxygen atoms in total. The zero-order valence-electron chi connectivity index (χ0n) is 12.4. The molecule has 1 atom stereocenters. The molecule has 0 aliphatic carbocycles. The van der Waals surface area contributed by atoms with Gasteiger partial charge in [-0.1, -0.05) is 20.3 Å². The molecule has 106 valence electrons. The van der Waals surface area contributed by atoms with E-state index >= 15 is 0 Å². The molecule has 0 aliphatic heterocycles. The van der Waals surface area contributed by atoms with Crippen LogP contribution in [0.4, 0.5) is 5.82 Å². The number of nitrogens with zero attached hydrogens (tertiary/aromatic N) is 2. The fourth-order valence-electron chi connectivity index (χ4n) is 1.85. The molecule has 19 heavy (non-hydrogen) atoms. The van der Waals surface area contributed by atoms with E-state index in [4.69, 9.17) is 0 Å². The highest BCUT2D eigenvalue weighted by Crippen LogP contribution is 2.11. The van der Waals surface area contributed by atoms with Crippen molar-refractivity contribution in [2.45, 2.75) is 34.1 Å². The van der Waals surface area contributed by atoms with Gasteiger partial charge in [-0.25, -0.2) is 4.98 Å². The van der Waals surface area contributed by atoms with Gasteiger partial charge in [-0.15, -0.1) is 0 Å². The van der Waals surface area contributed by atoms with Crippen LogP contribution in [0, 0.1) is 5.92 Å². The van der Waals surface area contributed by atoms with Crippen LogP contribution in [-0.2, 0) is 0 Å². The molecule has 4 heteroatoms. The number of amides is 1. The lowest BCUT2D eigenvalue weighted by Gasteiger charge is -2.24. The van der Waals surface area contributed by atoms with Gasteiger partial charge in [-0.3, -0.25) is 4.79 Å². The third-order valence-electron chi connectivity index (χ3n) is 3.27. The van der Waals surface area contributed by atoms with E-state index in [1.807, 2.05) is 30.9 Å². The van der Waals surface area contributed by atoms with E-state index in [0.717, 1.165) is 31.9 Å². The monoisotopic (exact) mass is 263 g/mol. The first-order chi connectivity index (χ1) is 9.12. The fourth-order valence-corrected chi connectivity index (χ4v) is 1.85. The summed E-state index contributed by atoms with van der Waals surface area (Å²) < 4.78 is 0. The number of anilines is 1. The average molecular weight is 263 g/mol. The molecule has 1 unspecified atom stereocenters. The van der Waals surface area contributed by atoms with Crippen LogP contribution in [0.2, 0.25) is 0 Å². The maximum absolute atomic E-state index is 12.4. The summed E-state index contributed by atoms with van der Waals surface area (Å²) in [5.74, 6) is 1.40. The van der Waals surface area contributed by atoms with Crippen molar-refractivity contribution in [3.8, 4) is 0 Å². The summed E-state index contributed by atoms with van der Waals surface area (Å²) in [5, 5.41) is 3.12. The van der Waals surface area contributed by atoms with Crippen LogP contribution in [0.1, 0.15) is 44.5 Å². The van der Waals surface area contributed by atoms with Crippen LogP contribution >= 0.6 is 0 Å². The Kier molecular flexibility index (Phi) is 6.33. The topological polar surface area (TPSA) is 45.2 Å². The van der Waals surface area contributed by atoms with Crippen LogP contribution in [0.3, 0.4) is 0 Å². The zero-order chi connectivity index (χ0) is 14.3. The zero-order valence-corrected chi connectivity index (χ0v) is 12.4. The Labute approximate surface area is 116 Å². The lowest BCUT2D eigenvalue weighted by atomic mass is 10.1. The predicted molar refractivity (Wildman–Crippen MR) is 79.4 cm³/mol. The predicted octanol–water partition coefficient (Wildman–Crippen LogP) is 3.02. The van der Waals surface area contributed by atoms with E-state index in [1.165, 1.54) is 0 Å². The first-order valence-electron chi connectivity index (χ1n) is 7.11. The SMILES string of the molecule is CCNc1ccc(C(=O)N(CC)CC(C)CC)cn1. The Bertz CT molecular complexity index is 389. The molecule has 1 aromatic rings. The second kappa shape index (κ2) is 7.77. The number of aromatic nitrogens is 1. The number of nitrogens with one attached hydrogen (secondary N) is 1. The van der Waals surface area contributed by atoms with Gasteiger partial charge in [-0.05, 0) is 31.9 Å². The van der Waals surface area contributed by atoms with Crippen molar-refractivity contribution < 1.29 is 4.79 Å². The van der Waals surface area contributed by atoms with Crippen LogP contribution < -0.4 is 5.32 Å². The first kappa shape index (κ1) is 15.5. The van der Waals surface area contributed by atoms with Crippen LogP contribution in [0.15, 0.2) is 18.3 Å². The quantitative estimate of drug-likeness (QED) is 0.822. The van der Waals surface area contributed by atoms with E-state index in [9.17, 15) is 4.79 Å². The van der Waals surface area contributed by atoms with E-state index in [2.05, 4.69) is 24.1 Å². The van der Waals surface area contributed by atoms with E-state index in [1.54, 1.807) is 6.20 Å². The molecule has 0 fully saturated rings. The molecular weight excluding hydrogens is 238 g/mol. The average Bonchev–Trinajstić information content (AvgIpc) is 2.45. The maximum Gasteiger partial charge on any atom is 0.255 e. The summed E-state index contributed by atoms with van der Waals surface area (Å²) in [6.07, 6.45) is 2.74. The summed E-state index contributed by atoms with van der Waals surface area (Å²) in [5.41, 5.74) is 0.659. The van der Waals surface area contributed by atoms with Crippen molar-refractivity contribution >= 4 is 11.7 Å². The van der Waals surface area contributed by atoms with Gasteiger partial charge in [0.15, 0.2) is 0 Å². The number of pyridine rings is 1. The van der Waals surface area contributed by atoms with E-state index in [0.29, 0.717) is 11.5 Å². The highest BCUT2D eigenvalue weighted by Gasteiger charge is 2.16. The minimum absolute atomic E-state index is 0.0679. The van der Waals surface area contributed by atoms with Gasteiger partial charge in [0.2, 0.25) is 0 Å². The normalized spacial score (nSPS) is 12.0. The van der Waals surface area contributed by atoms with Gasteiger partial charge >= 0.3 is 0 Å². The van der Waals surface area contributed by atoms with Crippen LogP contribution in [0.5, 0.6) is 0 Å². The minimum atomic E-state index is 0.0679. The molecule has 1 rings (SSSR count). The Hall–Kier alpha value is -1.58. The molecule has 0 aromatic carbocycles. The molecule has 1 aromatic heterocycles. The molecule has 0 bridgehead atoms. The largest absolute Gasteiger partial charge is 0.370 e. The van der Waals surface area contributed by atoms with Crippen molar-refractivity contribution in [3.63, 3.8) is 0 Å². The van der Waals surface area contributed by atoms with Crippen molar-refractivity contribution in [2.24, 2.45) is 5.92 Å². The first-order valence-corrected chi connectivity index (χ1v) is 7.11. The number of rotatable bonds is 7. The molecule has 1 heterocycles. The second-order valence-corrected chi connectivity index (χ2v) is 4.82. The number of hydrogen-bond acceptors (Lipinski definition) is 3. The molecule has 0 saturated heterocycles. The highest BCUT2D eigenvalue weighted by atomic mass is 16.2. The van der Waals surface area contributed by atoms with Gasteiger partial charge in [0.05, 0.1) is 5.56 Å². The summed E-state index contributed by atoms with van der Waals surface area (Å²) in [7, 11) is 0. The lowest BCUT2D eigenvalue weighted by molar-refractivity contribution is 0.0740. The summed E-state index contributed by atoms with van der Waals surface area (Å²) in [4.78, 5) is 18.5. The van der Waals surface area contributed by atoms with Gasteiger partial charge in [0.1, 0.15) is 5.82 Å². The van der Waals surface area contributed by atoms with Gasteiger partial charge in [0.25, 0.3) is 5.91 Å². The number of hydrogen-bond donors (Lipinski definition) is 1. The van der Waals surface area contributed by atoms with E-state index < -0.39 is 0 Å². The number of carbonyl (C=O) groups is 1. The molecule has 1 amide bonds. The Balaban J connectivity index is 2.73. The molecule has 0 spiro atoms. The Morgan fingerprint density at radius 2 is 2.11 bits per heavy atom. The molecule has 0 saturated carbocycles. The van der Waals surface area contributed by atoms with Gasteiger partial charge in [0, 0.05) is 25.8 Å². The standard InChI is InChI=1S/C15H25N3O/c1-5-12(4)11-18(7-3)15(19)13-8-9-14(16-6-2)17-10-13/h8-10,12H,5-7,11H2,1-4H3,(H,16,17). The van der Waals surface area contributed by atoms with Crippen LogP contribution in [-0.4, -0.2) is 35.4 Å². The van der Waals surface area contributed by atoms with Crippen molar-refractivity contribution in [3.05, 3.63) is 23.9 Å². The molecule has 1 N–H and O–H groups in total. The Morgan fingerprint density at radius 1 is 1.37 bits per heavy atom. The molecule has 0 aliphatic rings. The minimum Gasteiger partial charge on any atom is -0.370 e. The van der Waals surface area contributed by atoms with Crippen LogP contribution in [0.25, 0.3) is 0 Å². The van der Waals surface area contributed by atoms with Gasteiger partial charge < -0.3 is 10.2 Å². The van der Waals surface area contributed by atoms with Crippen molar-refractivity contribution in [1.82, 2.24) is 9.88 Å². The van der Waals surface area contributed by atoms with Gasteiger partial charge in [-0.2, -0.15) is 0 Å². The fraction of sp³-hybridized carbons (Fsp3) is 0.600. The lowest BCUT2D eigenvalue weighted by Crippen LogP contribution is -2.34. The Morgan fingerprint density at radius 3 is 2.58 bits per heavy atom. The molecule has 0 radical (unpaired) electrons. The third-order valence-corrected chi connectivity index (χ3v) is 3.27. The van der Waals surface area contributed by atoms with Crippen molar-refractivity contribution in [2.75, 3.05) is 25.0 Å². The maximum atomic E-state index is 12.4. The highest BCUT2D eigenvalue weighted by molar-refractivity contribution is 5.94. The summed E-state index contributed by atoms with van der Waals surface area (Å²) >= 11 is 0.